The average Bonchev–Trinajstić information content (AvgIpc) is 2.59. The Bertz CT molecular complexity index is 939. The summed E-state index contributed by atoms with van der Waals surface area (Å²) in [4.78, 5) is 24.0. The van der Waals surface area contributed by atoms with Crippen LogP contribution in [-0.2, 0) is 24.2 Å². The van der Waals surface area contributed by atoms with Gasteiger partial charge < -0.3 is 14.8 Å². The molecule has 0 aromatic heterocycles. The number of para-hydroxylation sites is 1. The zero-order valence-corrected chi connectivity index (χ0v) is 16.1. The molecule has 8 heteroatoms. The van der Waals surface area contributed by atoms with Crippen molar-refractivity contribution in [2.24, 2.45) is 0 Å². The molecule has 0 fully saturated rings. The minimum absolute atomic E-state index is 0.0131. The second-order valence-electron chi connectivity index (χ2n) is 6.00. The van der Waals surface area contributed by atoms with Crippen LogP contribution < -0.4 is 10.1 Å². The molecule has 7 nitrogen and oxygen atoms in total. The Balaban J connectivity index is 1.91. The van der Waals surface area contributed by atoms with E-state index in [1.165, 1.54) is 19.1 Å². The molecule has 2 rings (SSSR count). The fraction of sp³-hybridized carbons (Fsp3) is 0.263. The Morgan fingerprint density at radius 1 is 1.11 bits per heavy atom. The van der Waals surface area contributed by atoms with Gasteiger partial charge >= 0.3 is 5.97 Å². The van der Waals surface area contributed by atoms with Crippen LogP contribution in [0, 0.1) is 6.92 Å². The van der Waals surface area contributed by atoms with Gasteiger partial charge in [-0.2, -0.15) is 0 Å². The number of amides is 1. The lowest BCUT2D eigenvalue weighted by Gasteiger charge is -2.14. The number of rotatable bonds is 7. The normalized spacial score (nSPS) is 12.1. The van der Waals surface area contributed by atoms with Crippen molar-refractivity contribution >= 4 is 27.4 Å². The molecule has 0 aliphatic heterocycles. The standard InChI is InChI=1S/C19H21NO6S/c1-13-7-6-8-15(11-13)26-14(2)19(22)25-12-18(21)20-16-9-4-5-10-17(16)27(3,23)24/h4-11,14H,12H2,1-3H3,(H,20,21)/t14-/m1/s1. The topological polar surface area (TPSA) is 98.8 Å². The van der Waals surface area contributed by atoms with Gasteiger partial charge in [-0.3, -0.25) is 4.79 Å². The maximum atomic E-state index is 12.0. The highest BCUT2D eigenvalue weighted by molar-refractivity contribution is 7.90. The Morgan fingerprint density at radius 3 is 2.48 bits per heavy atom. The highest BCUT2D eigenvalue weighted by Gasteiger charge is 2.19. The molecule has 144 valence electrons. The van der Waals surface area contributed by atoms with Crippen LogP contribution in [0.15, 0.2) is 53.4 Å². The van der Waals surface area contributed by atoms with Crippen LogP contribution in [-0.4, -0.2) is 39.3 Å². The summed E-state index contributed by atoms with van der Waals surface area (Å²) in [6, 6.07) is 13.2. The van der Waals surface area contributed by atoms with E-state index in [2.05, 4.69) is 5.32 Å². The van der Waals surface area contributed by atoms with Gasteiger partial charge in [0.25, 0.3) is 5.91 Å². The van der Waals surface area contributed by atoms with Crippen molar-refractivity contribution in [2.75, 3.05) is 18.2 Å². The van der Waals surface area contributed by atoms with E-state index in [1.54, 1.807) is 30.3 Å². The first-order chi connectivity index (χ1) is 12.7. The number of benzene rings is 2. The summed E-state index contributed by atoms with van der Waals surface area (Å²) in [6.07, 6.45) is 0.144. The van der Waals surface area contributed by atoms with Crippen LogP contribution in [0.1, 0.15) is 12.5 Å². The second kappa shape index (κ2) is 8.68. The van der Waals surface area contributed by atoms with Crippen molar-refractivity contribution in [3.05, 3.63) is 54.1 Å². The summed E-state index contributed by atoms with van der Waals surface area (Å²) >= 11 is 0. The molecule has 1 amide bonds. The predicted molar refractivity (Wildman–Crippen MR) is 100 cm³/mol. The summed E-state index contributed by atoms with van der Waals surface area (Å²) in [5, 5.41) is 2.43. The number of sulfone groups is 1. The number of nitrogens with one attached hydrogen (secondary N) is 1. The molecule has 1 N–H and O–H groups in total. The molecule has 0 heterocycles. The molecule has 0 saturated heterocycles. The van der Waals surface area contributed by atoms with E-state index in [0.29, 0.717) is 5.75 Å². The van der Waals surface area contributed by atoms with Crippen LogP contribution in [0.25, 0.3) is 0 Å². The highest BCUT2D eigenvalue weighted by Crippen LogP contribution is 2.20. The summed E-state index contributed by atoms with van der Waals surface area (Å²) in [5.41, 5.74) is 1.11. The molecular formula is C19H21NO6S. The fourth-order valence-corrected chi connectivity index (χ4v) is 3.12. The first-order valence-corrected chi connectivity index (χ1v) is 10.0. The van der Waals surface area contributed by atoms with E-state index in [-0.39, 0.29) is 10.6 Å². The van der Waals surface area contributed by atoms with Gasteiger partial charge in [-0.15, -0.1) is 0 Å². The number of hydrogen-bond acceptors (Lipinski definition) is 6. The molecule has 0 aliphatic carbocycles. The van der Waals surface area contributed by atoms with Crippen LogP contribution >= 0.6 is 0 Å². The monoisotopic (exact) mass is 391 g/mol. The third-order valence-corrected chi connectivity index (χ3v) is 4.70. The maximum Gasteiger partial charge on any atom is 0.347 e. The van der Waals surface area contributed by atoms with Crippen LogP contribution in [0.5, 0.6) is 5.75 Å². The third kappa shape index (κ3) is 6.10. The molecule has 0 spiro atoms. The molecule has 0 radical (unpaired) electrons. The molecule has 0 aliphatic rings. The van der Waals surface area contributed by atoms with Crippen molar-refractivity contribution < 1.29 is 27.5 Å². The Kier molecular flexibility index (Phi) is 6.57. The lowest BCUT2D eigenvalue weighted by atomic mass is 10.2. The van der Waals surface area contributed by atoms with Gasteiger partial charge in [0.15, 0.2) is 22.5 Å². The smallest absolute Gasteiger partial charge is 0.347 e. The van der Waals surface area contributed by atoms with Crippen LogP contribution in [0.2, 0.25) is 0 Å². The van der Waals surface area contributed by atoms with Crippen molar-refractivity contribution in [1.82, 2.24) is 0 Å². The number of anilines is 1. The quantitative estimate of drug-likeness (QED) is 0.728. The van der Waals surface area contributed by atoms with Gasteiger partial charge in [0, 0.05) is 6.26 Å². The van der Waals surface area contributed by atoms with E-state index < -0.39 is 34.4 Å². The molecule has 1 atom stereocenters. The van der Waals surface area contributed by atoms with Crippen LogP contribution in [0.3, 0.4) is 0 Å². The van der Waals surface area contributed by atoms with Crippen molar-refractivity contribution in [3.63, 3.8) is 0 Å². The summed E-state index contributed by atoms with van der Waals surface area (Å²) in [7, 11) is -3.50. The van der Waals surface area contributed by atoms with Crippen LogP contribution in [0.4, 0.5) is 5.69 Å². The average molecular weight is 391 g/mol. The number of esters is 1. The minimum atomic E-state index is -3.50. The van der Waals surface area contributed by atoms with Gasteiger partial charge in [-0.05, 0) is 43.7 Å². The summed E-state index contributed by atoms with van der Waals surface area (Å²) in [6.45, 7) is 2.86. The Morgan fingerprint density at radius 2 is 1.81 bits per heavy atom. The lowest BCUT2D eigenvalue weighted by molar-refractivity contribution is -0.153. The number of carbonyl (C=O) groups is 2. The summed E-state index contributed by atoms with van der Waals surface area (Å²) in [5.74, 6) is -0.837. The number of hydrogen-bond donors (Lipinski definition) is 1. The van der Waals surface area contributed by atoms with E-state index in [4.69, 9.17) is 9.47 Å². The fourth-order valence-electron chi connectivity index (χ4n) is 2.27. The van der Waals surface area contributed by atoms with Gasteiger partial charge in [0.1, 0.15) is 5.75 Å². The first-order valence-electron chi connectivity index (χ1n) is 8.15. The van der Waals surface area contributed by atoms with Gasteiger partial charge in [-0.25, -0.2) is 13.2 Å². The predicted octanol–water partition coefficient (Wildman–Crippen LogP) is 2.35. The van der Waals surface area contributed by atoms with Gasteiger partial charge in [0.2, 0.25) is 0 Å². The van der Waals surface area contributed by atoms with Crippen molar-refractivity contribution in [1.29, 1.82) is 0 Å². The highest BCUT2D eigenvalue weighted by atomic mass is 32.2. The zero-order valence-electron chi connectivity index (χ0n) is 15.3. The maximum absolute atomic E-state index is 12.0. The van der Waals surface area contributed by atoms with Crippen molar-refractivity contribution in [2.45, 2.75) is 24.8 Å². The van der Waals surface area contributed by atoms with E-state index in [9.17, 15) is 18.0 Å². The van der Waals surface area contributed by atoms with Crippen molar-refractivity contribution in [3.8, 4) is 5.75 Å². The number of ether oxygens (including phenoxy) is 2. The third-order valence-electron chi connectivity index (χ3n) is 3.54. The van der Waals surface area contributed by atoms with E-state index in [0.717, 1.165) is 11.8 Å². The second-order valence-corrected chi connectivity index (χ2v) is 7.98. The molecule has 0 saturated carbocycles. The largest absolute Gasteiger partial charge is 0.479 e. The number of carbonyl (C=O) groups excluding carboxylic acids is 2. The minimum Gasteiger partial charge on any atom is -0.479 e. The molecule has 0 unspecified atom stereocenters. The number of aryl methyl sites for hydroxylation is 1. The first kappa shape index (κ1) is 20.4. The summed E-state index contributed by atoms with van der Waals surface area (Å²) < 4.78 is 33.9. The Hall–Kier alpha value is -2.87. The SMILES string of the molecule is Cc1cccc(O[C@H](C)C(=O)OCC(=O)Nc2ccccc2S(C)(=O)=O)c1. The zero-order chi connectivity index (χ0) is 20.0. The van der Waals surface area contributed by atoms with E-state index in [1.807, 2.05) is 13.0 Å². The van der Waals surface area contributed by atoms with Gasteiger partial charge in [0.05, 0.1) is 10.6 Å². The van der Waals surface area contributed by atoms with E-state index >= 15 is 0 Å². The molecule has 2 aromatic carbocycles. The molecule has 0 bridgehead atoms. The lowest BCUT2D eigenvalue weighted by Crippen LogP contribution is -2.30. The Labute approximate surface area is 158 Å². The molecule has 27 heavy (non-hydrogen) atoms. The van der Waals surface area contributed by atoms with Gasteiger partial charge in [-0.1, -0.05) is 24.3 Å². The molecular weight excluding hydrogens is 370 g/mol. The molecule has 2 aromatic rings.